The Morgan fingerprint density at radius 1 is 1.12 bits per heavy atom. The molecule has 0 nitrogen and oxygen atoms in total. The summed E-state index contributed by atoms with van der Waals surface area (Å²) in [6.07, 6.45) is 17.2. The fraction of sp³-hybridized carbons (Fsp3) is 0.600. The van der Waals surface area contributed by atoms with Gasteiger partial charge in [0.15, 0.2) is 0 Å². The van der Waals surface area contributed by atoms with Crippen LogP contribution in [-0.4, -0.2) is 10.5 Å². The Labute approximate surface area is 180 Å². The van der Waals surface area contributed by atoms with Crippen LogP contribution in [0.3, 0.4) is 0 Å². The van der Waals surface area contributed by atoms with Crippen LogP contribution in [0, 0.1) is 16.9 Å². The Balaban J connectivity index is 0. The normalized spacial score (nSPS) is 22.8. The predicted molar refractivity (Wildman–Crippen MR) is 96.5 cm³/mol. The maximum absolute atomic E-state index is 3.59. The van der Waals surface area contributed by atoms with E-state index in [1.165, 1.54) is 5.57 Å². The van der Waals surface area contributed by atoms with E-state index in [2.05, 4.69) is 89.8 Å². The van der Waals surface area contributed by atoms with Gasteiger partial charge < -0.3 is 24.8 Å². The van der Waals surface area contributed by atoms with Crippen LogP contribution in [0.4, 0.5) is 0 Å². The summed E-state index contributed by atoms with van der Waals surface area (Å²) >= 11 is 2.11. The molecular formula is C20H29Cl2STi. The fourth-order valence-corrected chi connectivity index (χ4v) is 5.41. The van der Waals surface area contributed by atoms with Gasteiger partial charge in [-0.3, -0.25) is 6.08 Å². The van der Waals surface area contributed by atoms with Crippen molar-refractivity contribution in [2.24, 2.45) is 10.8 Å². The molecule has 133 valence electrons. The molecule has 0 spiro atoms. The zero-order valence-electron chi connectivity index (χ0n) is 15.7. The van der Waals surface area contributed by atoms with Crippen LogP contribution in [0.5, 0.6) is 0 Å². The van der Waals surface area contributed by atoms with Crippen LogP contribution in [0.25, 0.3) is 0 Å². The number of rotatable bonds is 4. The van der Waals surface area contributed by atoms with E-state index >= 15 is 0 Å². The summed E-state index contributed by atoms with van der Waals surface area (Å²) in [5, 5.41) is 0. The molecule has 2 aliphatic rings. The summed E-state index contributed by atoms with van der Waals surface area (Å²) < 4.78 is 0.131. The summed E-state index contributed by atoms with van der Waals surface area (Å²) in [5.74, 6) is 1.14. The van der Waals surface area contributed by atoms with E-state index in [1.807, 2.05) is 0 Å². The number of thioether (sulfide) groups is 1. The smallest absolute Gasteiger partial charge is 1.00 e. The quantitative estimate of drug-likeness (QED) is 0.461. The van der Waals surface area contributed by atoms with E-state index in [1.54, 1.807) is 5.57 Å². The molecule has 2 aliphatic carbocycles. The Kier molecular flexibility index (Phi) is 11.3. The van der Waals surface area contributed by atoms with Crippen molar-refractivity contribution >= 4 is 11.8 Å². The molecule has 0 aliphatic heterocycles. The van der Waals surface area contributed by atoms with E-state index in [-0.39, 0.29) is 62.1 Å². The average Bonchev–Trinajstić information content (AvgIpc) is 2.92. The Bertz CT molecular complexity index is 524. The molecule has 0 fully saturated rings. The standard InChI is InChI=1S/C20H29S.2ClH.Ti/c1-7-21-20(19(5,6)16-12-8-9-13-16)15-11-10-14-17(20)18(2,3)4;;;/h8,10-12,14H,7,9,15H2,1-6H3;2*1H;/q-1;;;+3/p-2. The molecule has 0 heterocycles. The second-order valence-electron chi connectivity index (χ2n) is 7.54. The third-order valence-corrected chi connectivity index (χ3v) is 6.49. The minimum atomic E-state index is 0. The van der Waals surface area contributed by atoms with Gasteiger partial charge in [-0.15, -0.1) is 18.2 Å². The van der Waals surface area contributed by atoms with Crippen LogP contribution >= 0.6 is 11.8 Å². The van der Waals surface area contributed by atoms with E-state index in [4.69, 9.17) is 0 Å². The first-order valence-electron chi connectivity index (χ1n) is 8.05. The van der Waals surface area contributed by atoms with E-state index in [9.17, 15) is 0 Å². The van der Waals surface area contributed by atoms with Crippen LogP contribution in [-0.2, 0) is 21.7 Å². The first kappa shape index (κ1) is 26.8. The van der Waals surface area contributed by atoms with Gasteiger partial charge in [0.1, 0.15) is 0 Å². The summed E-state index contributed by atoms with van der Waals surface area (Å²) in [5.41, 5.74) is 3.23. The van der Waals surface area contributed by atoms with Gasteiger partial charge in [0.25, 0.3) is 0 Å². The summed E-state index contributed by atoms with van der Waals surface area (Å²) in [7, 11) is 0. The minimum Gasteiger partial charge on any atom is -1.00 e. The summed E-state index contributed by atoms with van der Waals surface area (Å²) in [6, 6.07) is 0. The average molecular weight is 420 g/mol. The van der Waals surface area contributed by atoms with E-state index in [0.717, 1.165) is 18.6 Å². The molecule has 1 radical (unpaired) electrons. The minimum absolute atomic E-state index is 0. The third kappa shape index (κ3) is 4.86. The molecule has 0 saturated carbocycles. The van der Waals surface area contributed by atoms with Crippen LogP contribution in [0.1, 0.15) is 54.4 Å². The largest absolute Gasteiger partial charge is 3.00 e. The second-order valence-corrected chi connectivity index (χ2v) is 9.11. The van der Waals surface area contributed by atoms with Gasteiger partial charge in [0.2, 0.25) is 0 Å². The van der Waals surface area contributed by atoms with Crippen molar-refractivity contribution in [1.29, 1.82) is 0 Å². The first-order valence-corrected chi connectivity index (χ1v) is 9.04. The fourth-order valence-electron chi connectivity index (χ4n) is 3.71. The van der Waals surface area contributed by atoms with Crippen molar-refractivity contribution in [3.05, 3.63) is 47.6 Å². The Hall–Kier alpha value is 0.604. The van der Waals surface area contributed by atoms with Gasteiger partial charge in [0.05, 0.1) is 0 Å². The topological polar surface area (TPSA) is 0 Å². The van der Waals surface area contributed by atoms with Crippen molar-refractivity contribution in [1.82, 2.24) is 0 Å². The number of hydrogen-bond acceptors (Lipinski definition) is 1. The molecule has 0 aromatic heterocycles. The molecule has 0 aromatic carbocycles. The van der Waals surface area contributed by atoms with Crippen LogP contribution in [0.15, 0.2) is 41.5 Å². The van der Waals surface area contributed by atoms with Crippen molar-refractivity contribution in [3.8, 4) is 0 Å². The molecule has 0 amide bonds. The zero-order valence-corrected chi connectivity index (χ0v) is 19.6. The van der Waals surface area contributed by atoms with E-state index in [0.29, 0.717) is 0 Å². The van der Waals surface area contributed by atoms with Gasteiger partial charge >= 0.3 is 21.7 Å². The predicted octanol–water partition coefficient (Wildman–Crippen LogP) is 0.132. The number of hydrogen-bond donors (Lipinski definition) is 0. The summed E-state index contributed by atoms with van der Waals surface area (Å²) in [4.78, 5) is 0. The zero-order chi connectivity index (χ0) is 15.7. The van der Waals surface area contributed by atoms with Gasteiger partial charge in [-0.2, -0.15) is 6.08 Å². The molecule has 0 bridgehead atoms. The van der Waals surface area contributed by atoms with Crippen molar-refractivity contribution < 1.29 is 46.5 Å². The third-order valence-electron chi connectivity index (χ3n) is 4.82. The molecule has 0 saturated heterocycles. The molecule has 0 N–H and O–H groups in total. The Morgan fingerprint density at radius 3 is 2.21 bits per heavy atom. The molecule has 0 aromatic rings. The SMILES string of the molecule is CCSC1(C(C)(C)C2=[C-]CC=C2)CC=CC=C1C(C)(C)C.[Cl-].[Cl-].[Ti+3]. The Morgan fingerprint density at radius 2 is 1.75 bits per heavy atom. The van der Waals surface area contributed by atoms with Crippen molar-refractivity contribution in [2.45, 2.75) is 59.1 Å². The molecule has 2 rings (SSSR count). The molecule has 4 heteroatoms. The van der Waals surface area contributed by atoms with Crippen LogP contribution in [0.2, 0.25) is 0 Å². The maximum Gasteiger partial charge on any atom is 3.00 e. The van der Waals surface area contributed by atoms with Gasteiger partial charge in [0, 0.05) is 4.75 Å². The monoisotopic (exact) mass is 419 g/mol. The maximum atomic E-state index is 3.59. The number of allylic oxidation sites excluding steroid dienone is 7. The molecule has 24 heavy (non-hydrogen) atoms. The van der Waals surface area contributed by atoms with Crippen LogP contribution < -0.4 is 24.8 Å². The number of halogens is 2. The van der Waals surface area contributed by atoms with Gasteiger partial charge in [-0.25, -0.2) is 11.6 Å². The van der Waals surface area contributed by atoms with Crippen molar-refractivity contribution in [2.75, 3.05) is 5.75 Å². The van der Waals surface area contributed by atoms with Gasteiger partial charge in [-0.05, 0) is 28.6 Å². The van der Waals surface area contributed by atoms with Crippen molar-refractivity contribution in [3.63, 3.8) is 0 Å². The second kappa shape index (κ2) is 10.1. The van der Waals surface area contributed by atoms with E-state index < -0.39 is 0 Å². The summed E-state index contributed by atoms with van der Waals surface area (Å²) in [6.45, 7) is 14.1. The first-order chi connectivity index (χ1) is 9.75. The van der Waals surface area contributed by atoms with Gasteiger partial charge in [-0.1, -0.05) is 59.8 Å². The molecule has 1 atom stereocenters. The molecule has 1 unspecified atom stereocenters. The molecular weight excluding hydrogens is 391 g/mol.